The van der Waals surface area contributed by atoms with E-state index in [-0.39, 0.29) is 6.61 Å². The van der Waals surface area contributed by atoms with Gasteiger partial charge in [0.25, 0.3) is 0 Å². The molecule has 1 saturated heterocycles. The molecule has 0 saturated carbocycles. The van der Waals surface area contributed by atoms with Gasteiger partial charge in [0.1, 0.15) is 11.9 Å². The molecule has 0 bridgehead atoms. The van der Waals surface area contributed by atoms with Crippen LogP contribution in [-0.2, 0) is 14.0 Å². The smallest absolute Gasteiger partial charge is 0.172 e. The molecule has 0 amide bonds. The monoisotopic (exact) mass is 332 g/mol. The lowest BCUT2D eigenvalue weighted by Crippen LogP contribution is -2.37. The third-order valence-electron chi connectivity index (χ3n) is 4.02. The maximum atomic E-state index is 13.9. The van der Waals surface area contributed by atoms with E-state index in [9.17, 15) is 9.67 Å². The molecule has 5 heteroatoms. The van der Waals surface area contributed by atoms with Crippen LogP contribution < -0.4 is 10.6 Å². The Morgan fingerprint density at radius 2 is 1.52 bits per heavy atom. The summed E-state index contributed by atoms with van der Waals surface area (Å²) in [7, 11) is -3.27. The highest BCUT2D eigenvalue weighted by Crippen LogP contribution is 2.50. The largest absolute Gasteiger partial charge is 0.382 e. The van der Waals surface area contributed by atoms with E-state index in [0.717, 1.165) is 0 Å². The molecule has 1 N–H and O–H groups in total. The third-order valence-corrected chi connectivity index (χ3v) is 7.22. The van der Waals surface area contributed by atoms with Gasteiger partial charge >= 0.3 is 0 Å². The molecule has 1 fully saturated rings. The summed E-state index contributed by atoms with van der Waals surface area (Å²) in [5, 5.41) is 12.2. The van der Waals surface area contributed by atoms with E-state index in [1.807, 2.05) is 36.4 Å². The van der Waals surface area contributed by atoms with Crippen LogP contribution >= 0.6 is 7.14 Å². The molecule has 2 aromatic carbocycles. The van der Waals surface area contributed by atoms with Crippen molar-refractivity contribution in [2.45, 2.75) is 31.6 Å². The van der Waals surface area contributed by atoms with Gasteiger partial charge in [-0.25, -0.2) is 0 Å². The summed E-state index contributed by atoms with van der Waals surface area (Å²) in [6.45, 7) is 3.79. The lowest BCUT2D eigenvalue weighted by atomic mass is 10.4. The summed E-state index contributed by atoms with van der Waals surface area (Å²) in [4.78, 5) is 0. The maximum absolute atomic E-state index is 13.9. The predicted octanol–water partition coefficient (Wildman–Crippen LogP) is 2.47. The molecule has 0 spiro atoms. The van der Waals surface area contributed by atoms with Crippen LogP contribution in [0, 0.1) is 0 Å². The molecule has 0 radical (unpaired) electrons. The van der Waals surface area contributed by atoms with Gasteiger partial charge in [-0.2, -0.15) is 0 Å². The summed E-state index contributed by atoms with van der Waals surface area (Å²) in [6.07, 6.45) is -0.628. The second kappa shape index (κ2) is 6.21. The van der Waals surface area contributed by atoms with E-state index in [2.05, 4.69) is 0 Å². The summed E-state index contributed by atoms with van der Waals surface area (Å²) in [5.41, 5.74) is 0. The second-order valence-corrected chi connectivity index (χ2v) is 8.99. The van der Waals surface area contributed by atoms with E-state index < -0.39 is 24.9 Å². The van der Waals surface area contributed by atoms with Gasteiger partial charge in [-0.15, -0.1) is 0 Å². The van der Waals surface area contributed by atoms with Gasteiger partial charge in [0.2, 0.25) is 0 Å². The lowest BCUT2D eigenvalue weighted by Gasteiger charge is -2.28. The predicted molar refractivity (Wildman–Crippen MR) is 90.7 cm³/mol. The zero-order valence-electron chi connectivity index (χ0n) is 13.3. The summed E-state index contributed by atoms with van der Waals surface area (Å²) in [5.74, 6) is -1.93. The molecule has 0 unspecified atom stereocenters. The van der Waals surface area contributed by atoms with Crippen molar-refractivity contribution in [1.82, 2.24) is 0 Å². The molecule has 1 aliphatic heterocycles. The molecule has 0 aliphatic carbocycles. The van der Waals surface area contributed by atoms with Crippen LogP contribution in [0.5, 0.6) is 0 Å². The first-order valence-electron chi connectivity index (χ1n) is 7.64. The van der Waals surface area contributed by atoms with Crippen molar-refractivity contribution >= 4 is 17.8 Å². The van der Waals surface area contributed by atoms with Crippen LogP contribution in [0.2, 0.25) is 0 Å². The number of benzene rings is 2. The Labute approximate surface area is 136 Å². The topological polar surface area (TPSA) is 55.8 Å². The fourth-order valence-corrected chi connectivity index (χ4v) is 5.60. The molecule has 1 aliphatic rings. The quantitative estimate of drug-likeness (QED) is 0.874. The standard InChI is InChI=1S/C18H21O4P/c1-18(2)21-13-16(22-18)17(19)23(20,14-9-5-3-6-10-14)15-11-7-4-8-12-15/h3-12,16-17,19H,13H2,1-2H3/t16-,17+/m0/s1. The summed E-state index contributed by atoms with van der Waals surface area (Å²) >= 11 is 0. The van der Waals surface area contributed by atoms with Crippen molar-refractivity contribution in [3.63, 3.8) is 0 Å². The highest BCUT2D eigenvalue weighted by molar-refractivity contribution is 7.79. The van der Waals surface area contributed by atoms with Gasteiger partial charge in [-0.3, -0.25) is 0 Å². The molecule has 4 nitrogen and oxygen atoms in total. The van der Waals surface area contributed by atoms with E-state index >= 15 is 0 Å². The van der Waals surface area contributed by atoms with Gasteiger partial charge in [0.05, 0.1) is 6.61 Å². The van der Waals surface area contributed by atoms with Gasteiger partial charge in [0, 0.05) is 10.6 Å². The minimum absolute atomic E-state index is 0.220. The van der Waals surface area contributed by atoms with Gasteiger partial charge in [-0.1, -0.05) is 60.7 Å². The van der Waals surface area contributed by atoms with E-state index in [0.29, 0.717) is 10.6 Å². The third kappa shape index (κ3) is 3.13. The Kier molecular flexibility index (Phi) is 4.43. The van der Waals surface area contributed by atoms with Crippen molar-refractivity contribution in [2.75, 3.05) is 6.61 Å². The van der Waals surface area contributed by atoms with Crippen LogP contribution in [0.1, 0.15) is 13.8 Å². The van der Waals surface area contributed by atoms with Crippen LogP contribution in [0.25, 0.3) is 0 Å². The minimum Gasteiger partial charge on any atom is -0.382 e. The van der Waals surface area contributed by atoms with Crippen LogP contribution in [0.4, 0.5) is 0 Å². The average molecular weight is 332 g/mol. The van der Waals surface area contributed by atoms with Crippen molar-refractivity contribution < 1.29 is 19.1 Å². The van der Waals surface area contributed by atoms with Crippen LogP contribution in [-0.4, -0.2) is 29.4 Å². The molecule has 122 valence electrons. The first kappa shape index (κ1) is 16.4. The number of rotatable bonds is 4. The Bertz CT molecular complexity index is 656. The molecule has 2 aromatic rings. The summed E-state index contributed by atoms with van der Waals surface area (Å²) < 4.78 is 25.2. The Morgan fingerprint density at radius 1 is 1.04 bits per heavy atom. The molecule has 0 aromatic heterocycles. The SMILES string of the molecule is CC1(C)OC[C@@H]([C@H](O)P(=O)(c2ccccc2)c2ccccc2)O1. The van der Waals surface area contributed by atoms with Gasteiger partial charge in [-0.05, 0) is 13.8 Å². The van der Waals surface area contributed by atoms with Crippen molar-refractivity contribution in [3.05, 3.63) is 60.7 Å². The minimum atomic E-state index is -3.27. The Hall–Kier alpha value is -1.45. The Balaban J connectivity index is 2.05. The van der Waals surface area contributed by atoms with E-state index in [1.165, 1.54) is 0 Å². The number of hydrogen-bond acceptors (Lipinski definition) is 4. The lowest BCUT2D eigenvalue weighted by molar-refractivity contribution is -0.145. The van der Waals surface area contributed by atoms with E-state index in [1.54, 1.807) is 38.1 Å². The van der Waals surface area contributed by atoms with Crippen LogP contribution in [0.3, 0.4) is 0 Å². The zero-order valence-corrected chi connectivity index (χ0v) is 14.1. The normalized spacial score (nSPS) is 22.0. The molecule has 1 heterocycles. The Morgan fingerprint density at radius 3 is 1.91 bits per heavy atom. The highest BCUT2D eigenvalue weighted by Gasteiger charge is 2.46. The fourth-order valence-electron chi connectivity index (χ4n) is 2.85. The van der Waals surface area contributed by atoms with Gasteiger partial charge < -0.3 is 19.1 Å². The van der Waals surface area contributed by atoms with Crippen molar-refractivity contribution in [1.29, 1.82) is 0 Å². The summed E-state index contributed by atoms with van der Waals surface area (Å²) in [6, 6.07) is 18.2. The number of aliphatic hydroxyl groups is 1. The second-order valence-electron chi connectivity index (χ2n) is 6.11. The maximum Gasteiger partial charge on any atom is 0.172 e. The molecule has 2 atom stereocenters. The van der Waals surface area contributed by atoms with Crippen molar-refractivity contribution in [2.24, 2.45) is 0 Å². The zero-order chi connectivity index (χ0) is 16.5. The average Bonchev–Trinajstić information content (AvgIpc) is 2.95. The van der Waals surface area contributed by atoms with Crippen molar-refractivity contribution in [3.8, 4) is 0 Å². The molecular weight excluding hydrogens is 311 g/mol. The molecule has 23 heavy (non-hydrogen) atoms. The first-order valence-corrected chi connectivity index (χ1v) is 9.42. The van der Waals surface area contributed by atoms with Gasteiger partial charge in [0.15, 0.2) is 12.9 Å². The van der Waals surface area contributed by atoms with Crippen LogP contribution in [0.15, 0.2) is 60.7 Å². The number of ether oxygens (including phenoxy) is 2. The number of hydrogen-bond donors (Lipinski definition) is 1. The van der Waals surface area contributed by atoms with E-state index in [4.69, 9.17) is 9.47 Å². The molecular formula is C18H21O4P. The highest BCUT2D eigenvalue weighted by atomic mass is 31.2. The first-order chi connectivity index (χ1) is 10.9. The number of aliphatic hydroxyl groups excluding tert-OH is 1. The fraction of sp³-hybridized carbons (Fsp3) is 0.333. The molecule has 3 rings (SSSR count).